The predicted molar refractivity (Wildman–Crippen MR) is 117 cm³/mol. The van der Waals surface area contributed by atoms with Gasteiger partial charge in [0, 0.05) is 12.1 Å². The highest BCUT2D eigenvalue weighted by molar-refractivity contribution is 7.18. The Morgan fingerprint density at radius 2 is 1.93 bits per heavy atom. The minimum atomic E-state index is -0.826. The molecule has 29 heavy (non-hydrogen) atoms. The van der Waals surface area contributed by atoms with Crippen LogP contribution in [0.2, 0.25) is 0 Å². The summed E-state index contributed by atoms with van der Waals surface area (Å²) in [5.41, 5.74) is 3.87. The Morgan fingerprint density at radius 1 is 1.14 bits per heavy atom. The van der Waals surface area contributed by atoms with E-state index in [0.29, 0.717) is 12.8 Å². The SMILES string of the molecule is Cc1ccc(NC(=O)[C@@H](C)OC(=O)CCCCc2nc3ccccc3s2)c(C)c1. The number of carbonyl (C=O) groups is 2. The molecule has 1 heterocycles. The van der Waals surface area contributed by atoms with Gasteiger partial charge in [0.15, 0.2) is 6.10 Å². The van der Waals surface area contributed by atoms with E-state index in [2.05, 4.69) is 16.4 Å². The Kier molecular flexibility index (Phi) is 6.99. The van der Waals surface area contributed by atoms with Crippen molar-refractivity contribution in [3.8, 4) is 0 Å². The Balaban J connectivity index is 1.39. The van der Waals surface area contributed by atoms with Crippen molar-refractivity contribution in [1.29, 1.82) is 0 Å². The molecule has 0 aliphatic carbocycles. The number of fused-ring (bicyclic) bond motifs is 1. The van der Waals surface area contributed by atoms with Gasteiger partial charge < -0.3 is 10.1 Å². The molecule has 0 spiro atoms. The number of hydrogen-bond donors (Lipinski definition) is 1. The third-order valence-corrected chi connectivity index (χ3v) is 5.77. The number of carbonyl (C=O) groups excluding carboxylic acids is 2. The van der Waals surface area contributed by atoms with E-state index in [9.17, 15) is 9.59 Å². The molecule has 2 aromatic carbocycles. The molecule has 0 fully saturated rings. The zero-order chi connectivity index (χ0) is 20.8. The number of nitrogens with zero attached hydrogens (tertiary/aromatic N) is 1. The standard InChI is InChI=1S/C23H26N2O3S/c1-15-12-13-18(16(2)14-15)25-23(27)17(3)28-22(26)11-7-6-10-21-24-19-8-4-5-9-20(19)29-21/h4-5,8-9,12-14,17H,6-7,10-11H2,1-3H3,(H,25,27)/t17-/m1/s1. The van der Waals surface area contributed by atoms with Gasteiger partial charge >= 0.3 is 5.97 Å². The molecule has 0 aliphatic heterocycles. The first-order valence-electron chi connectivity index (χ1n) is 9.84. The molecule has 1 atom stereocenters. The molecule has 1 aromatic heterocycles. The number of anilines is 1. The maximum Gasteiger partial charge on any atom is 0.306 e. The van der Waals surface area contributed by atoms with Crippen LogP contribution in [0, 0.1) is 13.8 Å². The van der Waals surface area contributed by atoms with Crippen molar-refractivity contribution < 1.29 is 14.3 Å². The predicted octanol–water partition coefficient (Wildman–Crippen LogP) is 5.20. The highest BCUT2D eigenvalue weighted by Gasteiger charge is 2.18. The van der Waals surface area contributed by atoms with E-state index in [4.69, 9.17) is 4.74 Å². The van der Waals surface area contributed by atoms with E-state index in [0.717, 1.165) is 40.2 Å². The van der Waals surface area contributed by atoms with E-state index < -0.39 is 6.10 Å². The lowest BCUT2D eigenvalue weighted by atomic mass is 10.1. The van der Waals surface area contributed by atoms with E-state index >= 15 is 0 Å². The van der Waals surface area contributed by atoms with Crippen molar-refractivity contribution in [2.45, 2.75) is 52.6 Å². The van der Waals surface area contributed by atoms with Crippen LogP contribution in [0.25, 0.3) is 10.2 Å². The molecule has 152 valence electrons. The smallest absolute Gasteiger partial charge is 0.306 e. The van der Waals surface area contributed by atoms with Crippen molar-refractivity contribution in [3.63, 3.8) is 0 Å². The molecular formula is C23H26N2O3S. The van der Waals surface area contributed by atoms with E-state index in [1.165, 1.54) is 4.70 Å². The second kappa shape index (κ2) is 9.65. The van der Waals surface area contributed by atoms with Crippen molar-refractivity contribution in [3.05, 3.63) is 58.6 Å². The molecule has 0 bridgehead atoms. The molecular weight excluding hydrogens is 384 g/mol. The van der Waals surface area contributed by atoms with Crippen molar-refractivity contribution in [2.75, 3.05) is 5.32 Å². The van der Waals surface area contributed by atoms with Crippen LogP contribution >= 0.6 is 11.3 Å². The lowest BCUT2D eigenvalue weighted by Gasteiger charge is -2.15. The van der Waals surface area contributed by atoms with E-state index in [-0.39, 0.29) is 11.9 Å². The number of unbranched alkanes of at least 4 members (excludes halogenated alkanes) is 1. The maximum atomic E-state index is 12.3. The third kappa shape index (κ3) is 5.87. The normalized spacial score (nSPS) is 12.0. The molecule has 5 nitrogen and oxygen atoms in total. The molecule has 0 unspecified atom stereocenters. The van der Waals surface area contributed by atoms with Crippen LogP contribution in [0.1, 0.15) is 42.3 Å². The van der Waals surface area contributed by atoms with Crippen molar-refractivity contribution in [1.82, 2.24) is 4.98 Å². The summed E-state index contributed by atoms with van der Waals surface area (Å²) in [7, 11) is 0. The number of thiazole rings is 1. The van der Waals surface area contributed by atoms with Crippen LogP contribution in [-0.4, -0.2) is 23.0 Å². The van der Waals surface area contributed by atoms with Gasteiger partial charge in [-0.05, 0) is 63.8 Å². The van der Waals surface area contributed by atoms with E-state index in [1.54, 1.807) is 18.3 Å². The minimum absolute atomic E-state index is 0.298. The first-order chi connectivity index (χ1) is 13.9. The molecule has 0 aliphatic rings. The molecule has 0 saturated carbocycles. The van der Waals surface area contributed by atoms with Crippen LogP contribution in [-0.2, 0) is 20.7 Å². The summed E-state index contributed by atoms with van der Waals surface area (Å²) in [6, 6.07) is 13.9. The summed E-state index contributed by atoms with van der Waals surface area (Å²) in [5, 5.41) is 3.91. The number of aromatic nitrogens is 1. The molecule has 1 amide bonds. The number of aryl methyl sites for hydroxylation is 3. The number of benzene rings is 2. The number of esters is 1. The van der Waals surface area contributed by atoms with Gasteiger partial charge in [0.05, 0.1) is 15.2 Å². The fourth-order valence-electron chi connectivity index (χ4n) is 3.07. The van der Waals surface area contributed by atoms with Gasteiger partial charge in [0.1, 0.15) is 0 Å². The number of nitrogens with one attached hydrogen (secondary N) is 1. The zero-order valence-corrected chi connectivity index (χ0v) is 17.8. The summed E-state index contributed by atoms with van der Waals surface area (Å²) in [5.74, 6) is -0.669. The summed E-state index contributed by atoms with van der Waals surface area (Å²) in [6.45, 7) is 5.53. The second-order valence-corrected chi connectivity index (χ2v) is 8.34. The monoisotopic (exact) mass is 410 g/mol. The molecule has 3 aromatic rings. The number of amides is 1. The topological polar surface area (TPSA) is 68.3 Å². The van der Waals surface area contributed by atoms with Gasteiger partial charge in [-0.15, -0.1) is 11.3 Å². The Hall–Kier alpha value is -2.73. The Labute approximate surface area is 175 Å². The van der Waals surface area contributed by atoms with Gasteiger partial charge in [0.2, 0.25) is 0 Å². The molecule has 0 radical (unpaired) electrons. The molecule has 1 N–H and O–H groups in total. The number of para-hydroxylation sites is 1. The third-order valence-electron chi connectivity index (χ3n) is 4.68. The first kappa shape index (κ1) is 21.0. The highest BCUT2D eigenvalue weighted by atomic mass is 32.1. The molecule has 6 heteroatoms. The maximum absolute atomic E-state index is 12.3. The first-order valence-corrected chi connectivity index (χ1v) is 10.7. The van der Waals surface area contributed by atoms with Crippen LogP contribution in [0.15, 0.2) is 42.5 Å². The van der Waals surface area contributed by atoms with Gasteiger partial charge in [0.25, 0.3) is 5.91 Å². The van der Waals surface area contributed by atoms with E-state index in [1.807, 2.05) is 50.2 Å². The molecule has 3 rings (SSSR count). The van der Waals surface area contributed by atoms with Crippen LogP contribution in [0.4, 0.5) is 5.69 Å². The summed E-state index contributed by atoms with van der Waals surface area (Å²) in [6.07, 6.45) is 1.88. The van der Waals surface area contributed by atoms with Gasteiger partial charge in [-0.25, -0.2) is 4.98 Å². The fourth-order valence-corrected chi connectivity index (χ4v) is 4.08. The fraction of sp³-hybridized carbons (Fsp3) is 0.348. The lowest BCUT2D eigenvalue weighted by molar-refractivity contribution is -0.153. The summed E-state index contributed by atoms with van der Waals surface area (Å²) >= 11 is 1.69. The summed E-state index contributed by atoms with van der Waals surface area (Å²) < 4.78 is 6.47. The highest BCUT2D eigenvalue weighted by Crippen LogP contribution is 2.23. The van der Waals surface area contributed by atoms with Gasteiger partial charge in [-0.1, -0.05) is 29.8 Å². The van der Waals surface area contributed by atoms with Crippen LogP contribution < -0.4 is 5.32 Å². The average molecular weight is 411 g/mol. The van der Waals surface area contributed by atoms with Crippen LogP contribution in [0.5, 0.6) is 0 Å². The molecule has 0 saturated heterocycles. The van der Waals surface area contributed by atoms with Gasteiger partial charge in [-0.3, -0.25) is 9.59 Å². The second-order valence-electron chi connectivity index (χ2n) is 7.22. The van der Waals surface area contributed by atoms with Crippen molar-refractivity contribution >= 4 is 39.1 Å². The van der Waals surface area contributed by atoms with Gasteiger partial charge in [-0.2, -0.15) is 0 Å². The lowest BCUT2D eigenvalue weighted by Crippen LogP contribution is -2.30. The number of ether oxygens (including phenoxy) is 1. The van der Waals surface area contributed by atoms with Crippen molar-refractivity contribution in [2.24, 2.45) is 0 Å². The Morgan fingerprint density at radius 3 is 2.69 bits per heavy atom. The zero-order valence-electron chi connectivity index (χ0n) is 17.0. The largest absolute Gasteiger partial charge is 0.453 e. The quantitative estimate of drug-likeness (QED) is 0.409. The summed E-state index contributed by atoms with van der Waals surface area (Å²) in [4.78, 5) is 29.0. The number of hydrogen-bond acceptors (Lipinski definition) is 5. The number of rotatable bonds is 8. The minimum Gasteiger partial charge on any atom is -0.453 e. The van der Waals surface area contributed by atoms with Crippen LogP contribution in [0.3, 0.4) is 0 Å². The average Bonchev–Trinajstić information content (AvgIpc) is 3.10. The Bertz CT molecular complexity index is 979.